The van der Waals surface area contributed by atoms with Gasteiger partial charge in [-0.2, -0.15) is 5.10 Å². The Labute approximate surface area is 214 Å². The summed E-state index contributed by atoms with van der Waals surface area (Å²) in [6.07, 6.45) is 7.65. The lowest BCUT2D eigenvalue weighted by molar-refractivity contribution is -0.137. The van der Waals surface area contributed by atoms with Gasteiger partial charge in [0.25, 0.3) is 5.91 Å². The van der Waals surface area contributed by atoms with E-state index in [1.54, 1.807) is 6.07 Å². The molecule has 3 aliphatic heterocycles. The molecule has 1 aliphatic carbocycles. The van der Waals surface area contributed by atoms with Crippen LogP contribution in [0, 0.1) is 11.8 Å². The second kappa shape index (κ2) is 9.12. The third kappa shape index (κ3) is 3.72. The molecule has 1 spiro atoms. The van der Waals surface area contributed by atoms with Crippen molar-refractivity contribution in [2.45, 2.75) is 37.6 Å². The fourth-order valence-electron chi connectivity index (χ4n) is 6.18. The van der Waals surface area contributed by atoms with E-state index < -0.39 is 11.5 Å². The van der Waals surface area contributed by atoms with Crippen molar-refractivity contribution in [1.82, 2.24) is 9.91 Å². The van der Waals surface area contributed by atoms with E-state index in [4.69, 9.17) is 23.2 Å². The molecule has 0 bridgehead atoms. The number of halogens is 2. The molecule has 3 heterocycles. The van der Waals surface area contributed by atoms with Gasteiger partial charge >= 0.3 is 0 Å². The molecule has 0 radical (unpaired) electrons. The van der Waals surface area contributed by atoms with Gasteiger partial charge in [-0.25, -0.2) is 5.01 Å². The van der Waals surface area contributed by atoms with Crippen LogP contribution in [0.1, 0.15) is 31.7 Å². The quantitative estimate of drug-likeness (QED) is 0.580. The Morgan fingerprint density at radius 2 is 2.11 bits per heavy atom. The van der Waals surface area contributed by atoms with Crippen LogP contribution in [0.5, 0.6) is 0 Å². The van der Waals surface area contributed by atoms with E-state index in [1.165, 1.54) is 5.01 Å². The molecule has 1 aromatic carbocycles. The molecular formula is C26H28Cl2N4O3. The van der Waals surface area contributed by atoms with Gasteiger partial charge in [0, 0.05) is 22.2 Å². The van der Waals surface area contributed by atoms with Crippen molar-refractivity contribution < 1.29 is 14.7 Å². The molecule has 7 nitrogen and oxygen atoms in total. The third-order valence-electron chi connectivity index (χ3n) is 7.68. The summed E-state index contributed by atoms with van der Waals surface area (Å²) >= 11 is 12.8. The van der Waals surface area contributed by atoms with Gasteiger partial charge in [0.15, 0.2) is 0 Å². The van der Waals surface area contributed by atoms with Crippen LogP contribution < -0.4 is 5.32 Å². The van der Waals surface area contributed by atoms with E-state index in [0.717, 1.165) is 22.0 Å². The van der Waals surface area contributed by atoms with Gasteiger partial charge in [0.2, 0.25) is 5.91 Å². The normalized spacial score (nSPS) is 29.5. The van der Waals surface area contributed by atoms with E-state index in [0.29, 0.717) is 30.0 Å². The van der Waals surface area contributed by atoms with Gasteiger partial charge in [-0.3, -0.25) is 9.59 Å². The van der Waals surface area contributed by atoms with E-state index in [-0.39, 0.29) is 43.3 Å². The number of hydrogen-bond acceptors (Lipinski definition) is 5. The van der Waals surface area contributed by atoms with E-state index in [2.05, 4.69) is 23.1 Å². The van der Waals surface area contributed by atoms with Crippen LogP contribution in [0.25, 0.3) is 0 Å². The van der Waals surface area contributed by atoms with Crippen LogP contribution in [-0.4, -0.2) is 58.4 Å². The zero-order valence-corrected chi connectivity index (χ0v) is 21.0. The first-order valence-electron chi connectivity index (χ1n) is 11.9. The average molecular weight is 515 g/mol. The second-order valence-electron chi connectivity index (χ2n) is 9.49. The van der Waals surface area contributed by atoms with Crippen molar-refractivity contribution in [2.75, 3.05) is 25.0 Å². The van der Waals surface area contributed by atoms with Crippen LogP contribution in [0.3, 0.4) is 0 Å². The largest absolute Gasteiger partial charge is 0.394 e. The van der Waals surface area contributed by atoms with Gasteiger partial charge in [-0.15, -0.1) is 0 Å². The summed E-state index contributed by atoms with van der Waals surface area (Å²) in [5.41, 5.74) is 1.40. The van der Waals surface area contributed by atoms with Gasteiger partial charge in [-0.1, -0.05) is 60.5 Å². The first-order chi connectivity index (χ1) is 16.8. The number of amidine groups is 1. The summed E-state index contributed by atoms with van der Waals surface area (Å²) in [7, 11) is 0. The highest BCUT2D eigenvalue weighted by Gasteiger charge is 2.64. The number of nitrogens with one attached hydrogen (secondary N) is 1. The highest BCUT2D eigenvalue weighted by molar-refractivity contribution is 6.31. The Hall–Kier alpha value is -2.61. The van der Waals surface area contributed by atoms with E-state index >= 15 is 0 Å². The highest BCUT2D eigenvalue weighted by Crippen LogP contribution is 2.57. The van der Waals surface area contributed by atoms with Crippen LogP contribution in [0.15, 0.2) is 58.7 Å². The lowest BCUT2D eigenvalue weighted by Crippen LogP contribution is -2.68. The third-order valence-corrected chi connectivity index (χ3v) is 8.19. The minimum Gasteiger partial charge on any atom is -0.394 e. The molecule has 9 heteroatoms. The molecule has 0 saturated carbocycles. The molecule has 35 heavy (non-hydrogen) atoms. The number of aliphatic hydroxyl groups excluding tert-OH is 1. The molecule has 2 N–H and O–H groups in total. The number of carbonyl (C=O) groups is 2. The fraction of sp³-hybridized carbons (Fsp3) is 0.423. The minimum absolute atomic E-state index is 0.0270. The molecular weight excluding hydrogens is 487 g/mol. The Morgan fingerprint density at radius 1 is 1.31 bits per heavy atom. The number of rotatable bonds is 5. The summed E-state index contributed by atoms with van der Waals surface area (Å²) in [5.74, 6) is 0.158. The van der Waals surface area contributed by atoms with Crippen molar-refractivity contribution in [1.29, 1.82) is 0 Å². The molecule has 1 unspecified atom stereocenters. The number of amides is 2. The standard InChI is InChI=1S/C26H28Cl2N4O3/c1-3-15(2)24-26(19-8-7-18(28)12-21(19)29-25(26)35)20(16-5-4-6-17(27)11-16)13-22-30-32(9-10-33)23(34)14-31(22)24/h4-8,12,16,20,24,33H,2-3,9-11,13-14H2,1H3,(H,29,35)/t16?,20-,24+,26-/m0/s1. The molecule has 1 saturated heterocycles. The number of aliphatic hydroxyl groups is 1. The minimum atomic E-state index is -1.00. The zero-order chi connectivity index (χ0) is 24.9. The van der Waals surface area contributed by atoms with Crippen molar-refractivity contribution >= 4 is 46.5 Å². The monoisotopic (exact) mass is 514 g/mol. The van der Waals surface area contributed by atoms with Crippen LogP contribution >= 0.6 is 23.2 Å². The van der Waals surface area contributed by atoms with Gasteiger partial charge in [0.05, 0.1) is 19.2 Å². The van der Waals surface area contributed by atoms with Gasteiger partial charge < -0.3 is 15.3 Å². The van der Waals surface area contributed by atoms with Crippen molar-refractivity contribution in [3.05, 3.63) is 64.2 Å². The molecule has 184 valence electrons. The van der Waals surface area contributed by atoms with Crippen LogP contribution in [-0.2, 0) is 15.0 Å². The fourth-order valence-corrected chi connectivity index (χ4v) is 6.60. The second-order valence-corrected chi connectivity index (χ2v) is 10.4. The highest BCUT2D eigenvalue weighted by atomic mass is 35.5. The molecule has 0 aromatic heterocycles. The van der Waals surface area contributed by atoms with Crippen molar-refractivity contribution in [2.24, 2.45) is 16.9 Å². The van der Waals surface area contributed by atoms with Gasteiger partial charge in [-0.05, 0) is 48.4 Å². The summed E-state index contributed by atoms with van der Waals surface area (Å²) in [4.78, 5) is 29.1. The SMILES string of the molecule is C=C(CC)[C@H]1N2CC(=O)N(CCO)N=C2C[C@@H](C2C=CC=C(Cl)C2)[C@]12C(=O)Nc1cc(Cl)ccc12. The summed E-state index contributed by atoms with van der Waals surface area (Å²) in [5, 5.41) is 19.8. The van der Waals surface area contributed by atoms with Crippen LogP contribution in [0.4, 0.5) is 5.69 Å². The van der Waals surface area contributed by atoms with E-state index in [9.17, 15) is 14.7 Å². The smallest absolute Gasteiger partial charge is 0.262 e. The summed E-state index contributed by atoms with van der Waals surface area (Å²) < 4.78 is 0. The average Bonchev–Trinajstić information content (AvgIpc) is 3.10. The summed E-state index contributed by atoms with van der Waals surface area (Å²) in [6.45, 7) is 6.41. The molecule has 1 aromatic rings. The number of nitrogens with zero attached hydrogens (tertiary/aromatic N) is 3. The van der Waals surface area contributed by atoms with Crippen molar-refractivity contribution in [3.8, 4) is 0 Å². The first-order valence-corrected chi connectivity index (χ1v) is 12.6. The predicted molar refractivity (Wildman–Crippen MR) is 137 cm³/mol. The number of fused-ring (bicyclic) bond motifs is 3. The lowest BCUT2D eigenvalue weighted by atomic mass is 9.56. The number of carbonyl (C=O) groups excluding carboxylic acids is 2. The summed E-state index contributed by atoms with van der Waals surface area (Å²) in [6, 6.07) is 5.03. The zero-order valence-electron chi connectivity index (χ0n) is 19.5. The number of piperidine rings is 1. The number of hydrazone groups is 1. The molecule has 2 amide bonds. The first kappa shape index (κ1) is 24.1. The van der Waals surface area contributed by atoms with Gasteiger partial charge in [0.1, 0.15) is 17.8 Å². The maximum Gasteiger partial charge on any atom is 0.262 e. The molecule has 5 rings (SSSR count). The predicted octanol–water partition coefficient (Wildman–Crippen LogP) is 4.03. The number of allylic oxidation sites excluding steroid dienone is 4. The maximum atomic E-state index is 14.1. The Morgan fingerprint density at radius 3 is 2.83 bits per heavy atom. The number of benzene rings is 1. The molecule has 1 fully saturated rings. The number of hydrogen-bond donors (Lipinski definition) is 2. The topological polar surface area (TPSA) is 85.2 Å². The Bertz CT molecular complexity index is 1190. The number of β-amino-alcohol motifs (C(OH)–C–C–N with tert-alkyl or cyclic N) is 1. The lowest BCUT2D eigenvalue weighted by Gasteiger charge is -2.56. The maximum absolute atomic E-state index is 14.1. The van der Waals surface area contributed by atoms with E-state index in [1.807, 2.05) is 36.1 Å². The number of anilines is 1. The Balaban J connectivity index is 1.74. The Kier molecular flexibility index (Phi) is 6.28. The van der Waals surface area contributed by atoms with Crippen molar-refractivity contribution in [3.63, 3.8) is 0 Å². The van der Waals surface area contributed by atoms with Crippen LogP contribution in [0.2, 0.25) is 5.02 Å². The molecule has 4 atom stereocenters. The molecule has 4 aliphatic rings.